The van der Waals surface area contributed by atoms with Gasteiger partial charge in [0.1, 0.15) is 0 Å². The van der Waals surface area contributed by atoms with Crippen molar-refractivity contribution in [1.29, 1.82) is 0 Å². The quantitative estimate of drug-likeness (QED) is 0.857. The molecule has 5 nitrogen and oxygen atoms in total. The van der Waals surface area contributed by atoms with Crippen LogP contribution in [0.5, 0.6) is 0 Å². The maximum atomic E-state index is 12.2. The Bertz CT molecular complexity index is 739. The molecule has 0 aromatic heterocycles. The van der Waals surface area contributed by atoms with Gasteiger partial charge >= 0.3 is 5.97 Å². The van der Waals surface area contributed by atoms with E-state index in [9.17, 15) is 13.2 Å². The normalized spacial score (nSPS) is 12.6. The molecule has 0 unspecified atom stereocenters. The van der Waals surface area contributed by atoms with Crippen LogP contribution in [0.1, 0.15) is 12.5 Å². The van der Waals surface area contributed by atoms with Gasteiger partial charge in [-0.2, -0.15) is 0 Å². The molecule has 2 aromatic carbocycles. The number of rotatable bonds is 6. The van der Waals surface area contributed by atoms with Crippen molar-refractivity contribution in [3.8, 4) is 0 Å². The van der Waals surface area contributed by atoms with Crippen molar-refractivity contribution in [2.45, 2.75) is 18.2 Å². The molecule has 0 heterocycles. The first kappa shape index (κ1) is 16.0. The number of carboxylic acids is 1. The van der Waals surface area contributed by atoms with Crippen LogP contribution in [-0.2, 0) is 21.2 Å². The Balaban J connectivity index is 2.10. The van der Waals surface area contributed by atoms with Crippen LogP contribution >= 0.6 is 0 Å². The summed E-state index contributed by atoms with van der Waals surface area (Å²) in [6.07, 6.45) is 0.404. The van der Waals surface area contributed by atoms with E-state index >= 15 is 0 Å². The average molecular weight is 319 g/mol. The fourth-order valence-corrected chi connectivity index (χ4v) is 3.04. The van der Waals surface area contributed by atoms with Crippen molar-refractivity contribution in [3.05, 3.63) is 60.2 Å². The summed E-state index contributed by atoms with van der Waals surface area (Å²) in [6, 6.07) is 14.8. The SMILES string of the molecule is C[C@H](Cc1ccc(NS(=O)(=O)c2ccccc2)cc1)C(=O)O. The molecule has 2 aromatic rings. The molecule has 0 amide bonds. The summed E-state index contributed by atoms with van der Waals surface area (Å²) in [5.41, 5.74) is 1.29. The molecular weight excluding hydrogens is 302 g/mol. The van der Waals surface area contributed by atoms with Gasteiger partial charge in [0, 0.05) is 5.69 Å². The van der Waals surface area contributed by atoms with E-state index in [4.69, 9.17) is 5.11 Å². The van der Waals surface area contributed by atoms with Crippen LogP contribution in [-0.4, -0.2) is 19.5 Å². The molecule has 0 saturated heterocycles. The molecule has 116 valence electrons. The van der Waals surface area contributed by atoms with Gasteiger partial charge in [-0.25, -0.2) is 8.42 Å². The minimum Gasteiger partial charge on any atom is -0.481 e. The third-order valence-electron chi connectivity index (χ3n) is 3.22. The van der Waals surface area contributed by atoms with Crippen molar-refractivity contribution in [2.24, 2.45) is 5.92 Å². The van der Waals surface area contributed by atoms with Gasteiger partial charge in [0.2, 0.25) is 0 Å². The summed E-state index contributed by atoms with van der Waals surface area (Å²) in [7, 11) is -3.61. The van der Waals surface area contributed by atoms with Gasteiger partial charge in [-0.1, -0.05) is 37.3 Å². The fourth-order valence-electron chi connectivity index (χ4n) is 1.96. The van der Waals surface area contributed by atoms with Gasteiger partial charge in [-0.15, -0.1) is 0 Å². The lowest BCUT2D eigenvalue weighted by Gasteiger charge is -2.10. The van der Waals surface area contributed by atoms with Crippen molar-refractivity contribution in [2.75, 3.05) is 4.72 Å². The highest BCUT2D eigenvalue weighted by Crippen LogP contribution is 2.17. The Morgan fingerprint density at radius 2 is 1.68 bits per heavy atom. The first-order valence-electron chi connectivity index (χ1n) is 6.78. The number of carboxylic acid groups (broad SMARTS) is 1. The van der Waals surface area contributed by atoms with E-state index in [2.05, 4.69) is 4.72 Å². The smallest absolute Gasteiger partial charge is 0.306 e. The third kappa shape index (κ3) is 4.08. The number of carbonyl (C=O) groups is 1. The minimum atomic E-state index is -3.61. The molecule has 2 rings (SSSR count). The molecule has 0 spiro atoms. The number of sulfonamides is 1. The second kappa shape index (κ2) is 6.62. The lowest BCUT2D eigenvalue weighted by molar-refractivity contribution is -0.141. The number of anilines is 1. The van der Waals surface area contributed by atoms with E-state index in [0.29, 0.717) is 12.1 Å². The average Bonchev–Trinajstić information content (AvgIpc) is 2.50. The molecular formula is C16H17NO4S. The predicted molar refractivity (Wildman–Crippen MR) is 84.2 cm³/mol. The van der Waals surface area contributed by atoms with Gasteiger partial charge in [-0.3, -0.25) is 9.52 Å². The van der Waals surface area contributed by atoms with Crippen LogP contribution in [0.3, 0.4) is 0 Å². The number of aliphatic carboxylic acids is 1. The highest BCUT2D eigenvalue weighted by molar-refractivity contribution is 7.92. The highest BCUT2D eigenvalue weighted by atomic mass is 32.2. The van der Waals surface area contributed by atoms with E-state index in [1.54, 1.807) is 49.4 Å². The zero-order valence-electron chi connectivity index (χ0n) is 12.1. The Kier molecular flexibility index (Phi) is 4.82. The first-order chi connectivity index (χ1) is 10.4. The summed E-state index contributed by atoms with van der Waals surface area (Å²) < 4.78 is 26.8. The standard InChI is InChI=1S/C16H17NO4S/c1-12(16(18)19)11-13-7-9-14(10-8-13)17-22(20,21)15-5-3-2-4-6-15/h2-10,12,17H,11H2,1H3,(H,18,19)/t12-/m1/s1. The maximum Gasteiger partial charge on any atom is 0.306 e. The first-order valence-corrected chi connectivity index (χ1v) is 8.26. The van der Waals surface area contributed by atoms with Crippen LogP contribution in [0, 0.1) is 5.92 Å². The minimum absolute atomic E-state index is 0.193. The molecule has 1 atom stereocenters. The van der Waals surface area contributed by atoms with Crippen molar-refractivity contribution in [1.82, 2.24) is 0 Å². The largest absolute Gasteiger partial charge is 0.481 e. The van der Waals surface area contributed by atoms with Crippen LogP contribution in [0.2, 0.25) is 0 Å². The van der Waals surface area contributed by atoms with E-state index in [0.717, 1.165) is 5.56 Å². The lowest BCUT2D eigenvalue weighted by atomic mass is 10.0. The molecule has 0 bridgehead atoms. The third-order valence-corrected chi connectivity index (χ3v) is 4.62. The van der Waals surface area contributed by atoms with E-state index in [-0.39, 0.29) is 4.90 Å². The lowest BCUT2D eigenvalue weighted by Crippen LogP contribution is -2.13. The Labute approximate surface area is 129 Å². The summed E-state index contributed by atoms with van der Waals surface area (Å²) in [5.74, 6) is -1.33. The zero-order valence-corrected chi connectivity index (χ0v) is 12.9. The van der Waals surface area contributed by atoms with Crippen LogP contribution in [0.4, 0.5) is 5.69 Å². The summed E-state index contributed by atoms with van der Waals surface area (Å²) in [6.45, 7) is 1.63. The summed E-state index contributed by atoms with van der Waals surface area (Å²) in [5, 5.41) is 8.89. The summed E-state index contributed by atoms with van der Waals surface area (Å²) >= 11 is 0. The van der Waals surface area contributed by atoms with Crippen LogP contribution < -0.4 is 4.72 Å². The molecule has 22 heavy (non-hydrogen) atoms. The van der Waals surface area contributed by atoms with Crippen LogP contribution in [0.25, 0.3) is 0 Å². The predicted octanol–water partition coefficient (Wildman–Crippen LogP) is 2.75. The van der Waals surface area contributed by atoms with Crippen molar-refractivity contribution in [3.63, 3.8) is 0 Å². The summed E-state index contributed by atoms with van der Waals surface area (Å²) in [4.78, 5) is 11.0. The van der Waals surface area contributed by atoms with E-state index in [1.165, 1.54) is 12.1 Å². The monoisotopic (exact) mass is 319 g/mol. The van der Waals surface area contributed by atoms with Crippen LogP contribution in [0.15, 0.2) is 59.5 Å². The topological polar surface area (TPSA) is 83.5 Å². The Morgan fingerprint density at radius 1 is 1.09 bits per heavy atom. The molecule has 0 saturated carbocycles. The second-order valence-electron chi connectivity index (χ2n) is 5.06. The number of hydrogen-bond acceptors (Lipinski definition) is 3. The second-order valence-corrected chi connectivity index (χ2v) is 6.74. The number of benzene rings is 2. The van der Waals surface area contributed by atoms with Gasteiger partial charge in [0.05, 0.1) is 10.8 Å². The van der Waals surface area contributed by atoms with E-state index < -0.39 is 21.9 Å². The van der Waals surface area contributed by atoms with Crippen molar-refractivity contribution >= 4 is 21.7 Å². The molecule has 0 radical (unpaired) electrons. The van der Waals surface area contributed by atoms with Gasteiger partial charge < -0.3 is 5.11 Å². The highest BCUT2D eigenvalue weighted by Gasteiger charge is 2.14. The molecule has 0 fully saturated rings. The molecule has 6 heteroatoms. The zero-order chi connectivity index (χ0) is 16.2. The molecule has 0 aliphatic heterocycles. The molecule has 0 aliphatic carbocycles. The van der Waals surface area contributed by atoms with Gasteiger partial charge in [0.15, 0.2) is 0 Å². The van der Waals surface area contributed by atoms with Crippen molar-refractivity contribution < 1.29 is 18.3 Å². The molecule has 0 aliphatic rings. The maximum absolute atomic E-state index is 12.2. The fraction of sp³-hybridized carbons (Fsp3) is 0.188. The molecule has 2 N–H and O–H groups in total. The Morgan fingerprint density at radius 3 is 2.23 bits per heavy atom. The van der Waals surface area contributed by atoms with Gasteiger partial charge in [-0.05, 0) is 36.2 Å². The number of hydrogen-bond donors (Lipinski definition) is 2. The Hall–Kier alpha value is -2.34. The van der Waals surface area contributed by atoms with Gasteiger partial charge in [0.25, 0.3) is 10.0 Å². The van der Waals surface area contributed by atoms with E-state index in [1.807, 2.05) is 0 Å². The number of nitrogens with one attached hydrogen (secondary N) is 1.